The molecule has 2 saturated carbocycles. The molecule has 0 bridgehead atoms. The third kappa shape index (κ3) is 9.75. The molecule has 0 spiro atoms. The third-order valence-electron chi connectivity index (χ3n) is 6.43. The maximum atomic E-state index is 11.9. The Labute approximate surface area is 212 Å². The highest BCUT2D eigenvalue weighted by Crippen LogP contribution is 2.26. The zero-order valence-corrected chi connectivity index (χ0v) is 21.1. The third-order valence-corrected chi connectivity index (χ3v) is 6.43. The summed E-state index contributed by atoms with van der Waals surface area (Å²) in [6.45, 7) is 4.45. The molecule has 3 rings (SSSR count). The van der Waals surface area contributed by atoms with Gasteiger partial charge in [-0.3, -0.25) is 9.59 Å². The lowest BCUT2D eigenvalue weighted by molar-refractivity contribution is -0.151. The first kappa shape index (κ1) is 29.5. The van der Waals surface area contributed by atoms with Crippen LogP contribution in [0.1, 0.15) is 57.9 Å². The first-order valence-electron chi connectivity index (χ1n) is 12.7. The summed E-state index contributed by atoms with van der Waals surface area (Å²) in [6, 6.07) is 8.57. The van der Waals surface area contributed by atoms with Crippen molar-refractivity contribution in [1.29, 1.82) is 0 Å². The van der Waals surface area contributed by atoms with Crippen molar-refractivity contribution in [3.05, 3.63) is 35.9 Å². The molecule has 2 aliphatic rings. The van der Waals surface area contributed by atoms with Crippen LogP contribution in [0.2, 0.25) is 0 Å². The summed E-state index contributed by atoms with van der Waals surface area (Å²) >= 11 is 0. The Morgan fingerprint density at radius 2 is 1.42 bits per heavy atom. The molecule has 1 aromatic rings. The van der Waals surface area contributed by atoms with Gasteiger partial charge in [-0.05, 0) is 57.9 Å². The molecular formula is C26H40N2O8. The standard InChI is InChI=1S/C17H23NO5.C9H17NO3/c1-2-22-16(20)13-8-9-15(19)14(10-13)18-17(21)23-11-12-6-4-3-5-7-12;1-2-13-9(12)6-3-4-8(11)7(10)5-6/h3-7,13-15,19H,2,8-11H2,1H3,(H,18,21);6-8,11H,2-5,10H2,1H3/t13-,14+,15+;6-,7+,8+/m00/s1. The van der Waals surface area contributed by atoms with Gasteiger partial charge >= 0.3 is 18.0 Å². The number of carbonyl (C=O) groups excluding carboxylic acids is 3. The van der Waals surface area contributed by atoms with Crippen LogP contribution in [0.3, 0.4) is 0 Å². The Bertz CT molecular complexity index is 821. The summed E-state index contributed by atoms with van der Waals surface area (Å²) in [5.41, 5.74) is 6.53. The van der Waals surface area contributed by atoms with E-state index in [1.54, 1.807) is 13.8 Å². The average molecular weight is 509 g/mol. The number of rotatable bonds is 7. The molecule has 202 valence electrons. The molecular weight excluding hydrogens is 468 g/mol. The normalized spacial score (nSPS) is 27.6. The van der Waals surface area contributed by atoms with Gasteiger partial charge in [0.05, 0.1) is 43.3 Å². The van der Waals surface area contributed by atoms with E-state index in [2.05, 4.69) is 5.32 Å². The Hall–Kier alpha value is -2.69. The van der Waals surface area contributed by atoms with Crippen molar-refractivity contribution < 1.29 is 38.8 Å². The van der Waals surface area contributed by atoms with Crippen LogP contribution in [0, 0.1) is 11.8 Å². The van der Waals surface area contributed by atoms with Crippen LogP contribution in [-0.4, -0.2) is 65.8 Å². The molecule has 10 nitrogen and oxygen atoms in total. The number of amides is 1. The van der Waals surface area contributed by atoms with Crippen LogP contribution in [0.15, 0.2) is 30.3 Å². The fraction of sp³-hybridized carbons (Fsp3) is 0.654. The predicted octanol–water partition coefficient (Wildman–Crippen LogP) is 2.04. The minimum absolute atomic E-state index is 0.113. The molecule has 2 fully saturated rings. The number of aliphatic hydroxyl groups excluding tert-OH is 2. The maximum Gasteiger partial charge on any atom is 0.407 e. The molecule has 0 unspecified atom stereocenters. The minimum Gasteiger partial charge on any atom is -0.466 e. The molecule has 1 amide bonds. The van der Waals surface area contributed by atoms with E-state index in [9.17, 15) is 24.6 Å². The lowest BCUT2D eigenvalue weighted by Crippen LogP contribution is -2.48. The van der Waals surface area contributed by atoms with Gasteiger partial charge in [0.15, 0.2) is 0 Å². The summed E-state index contributed by atoms with van der Waals surface area (Å²) in [6.07, 6.45) is 1.49. The first-order valence-corrected chi connectivity index (χ1v) is 12.7. The van der Waals surface area contributed by atoms with Gasteiger partial charge in [-0.2, -0.15) is 0 Å². The van der Waals surface area contributed by atoms with Gasteiger partial charge in [0, 0.05) is 6.04 Å². The fourth-order valence-electron chi connectivity index (χ4n) is 4.36. The number of esters is 2. The molecule has 0 saturated heterocycles. The molecule has 0 heterocycles. The summed E-state index contributed by atoms with van der Waals surface area (Å²) in [7, 11) is 0. The summed E-state index contributed by atoms with van der Waals surface area (Å²) < 4.78 is 15.0. The van der Waals surface area contributed by atoms with Crippen molar-refractivity contribution in [2.45, 2.75) is 83.3 Å². The molecule has 36 heavy (non-hydrogen) atoms. The Balaban J connectivity index is 0.000000297. The van der Waals surface area contributed by atoms with Crippen LogP contribution in [0.5, 0.6) is 0 Å². The predicted molar refractivity (Wildman–Crippen MR) is 131 cm³/mol. The Morgan fingerprint density at radius 3 is 1.97 bits per heavy atom. The summed E-state index contributed by atoms with van der Waals surface area (Å²) in [4.78, 5) is 35.0. The highest BCUT2D eigenvalue weighted by atomic mass is 16.5. The van der Waals surface area contributed by atoms with Gasteiger partial charge in [0.1, 0.15) is 6.61 Å². The highest BCUT2D eigenvalue weighted by Gasteiger charge is 2.35. The van der Waals surface area contributed by atoms with E-state index in [0.29, 0.717) is 51.7 Å². The van der Waals surface area contributed by atoms with E-state index in [-0.39, 0.29) is 36.4 Å². The van der Waals surface area contributed by atoms with Crippen molar-refractivity contribution in [2.75, 3.05) is 13.2 Å². The lowest BCUT2D eigenvalue weighted by atomic mass is 9.84. The number of aliphatic hydroxyl groups is 2. The highest BCUT2D eigenvalue weighted by molar-refractivity contribution is 5.73. The van der Waals surface area contributed by atoms with Gasteiger partial charge in [-0.25, -0.2) is 4.79 Å². The molecule has 10 heteroatoms. The number of carbonyl (C=O) groups is 3. The average Bonchev–Trinajstić information content (AvgIpc) is 2.87. The first-order chi connectivity index (χ1) is 17.2. The van der Waals surface area contributed by atoms with Crippen LogP contribution < -0.4 is 11.1 Å². The number of hydrogen-bond acceptors (Lipinski definition) is 9. The number of nitrogens with one attached hydrogen (secondary N) is 1. The number of alkyl carbamates (subject to hydrolysis) is 1. The van der Waals surface area contributed by atoms with Crippen LogP contribution >= 0.6 is 0 Å². The van der Waals surface area contributed by atoms with E-state index in [0.717, 1.165) is 5.56 Å². The minimum atomic E-state index is -0.676. The fourth-order valence-corrected chi connectivity index (χ4v) is 4.36. The molecule has 1 aromatic carbocycles. The molecule has 5 N–H and O–H groups in total. The molecule has 2 aliphatic carbocycles. The number of nitrogens with two attached hydrogens (primary N) is 1. The van der Waals surface area contributed by atoms with Crippen molar-refractivity contribution in [3.8, 4) is 0 Å². The van der Waals surface area contributed by atoms with Gasteiger partial charge in [-0.15, -0.1) is 0 Å². The SMILES string of the molecule is CCOC(=O)[C@H]1CC[C@@H](O)[C@H](N)C1.CCOC(=O)[C@H]1CC[C@@H](O)[C@H](NC(=O)OCc2ccccc2)C1. The van der Waals surface area contributed by atoms with E-state index < -0.39 is 24.3 Å². The Kier molecular flexibility index (Phi) is 12.7. The van der Waals surface area contributed by atoms with E-state index in [4.69, 9.17) is 19.9 Å². The van der Waals surface area contributed by atoms with Crippen LogP contribution in [-0.2, 0) is 30.4 Å². The molecule has 0 aliphatic heterocycles. The van der Waals surface area contributed by atoms with Gasteiger partial charge in [-0.1, -0.05) is 30.3 Å². The monoisotopic (exact) mass is 508 g/mol. The zero-order chi connectivity index (χ0) is 26.5. The second-order valence-corrected chi connectivity index (χ2v) is 9.14. The van der Waals surface area contributed by atoms with Crippen molar-refractivity contribution in [1.82, 2.24) is 5.32 Å². The second kappa shape index (κ2) is 15.4. The maximum absolute atomic E-state index is 11.9. The van der Waals surface area contributed by atoms with Crippen molar-refractivity contribution in [3.63, 3.8) is 0 Å². The zero-order valence-electron chi connectivity index (χ0n) is 21.1. The van der Waals surface area contributed by atoms with E-state index in [1.807, 2.05) is 30.3 Å². The topological polar surface area (TPSA) is 157 Å². The largest absolute Gasteiger partial charge is 0.466 e. The number of hydrogen-bond donors (Lipinski definition) is 4. The van der Waals surface area contributed by atoms with Gasteiger partial charge < -0.3 is 35.5 Å². The van der Waals surface area contributed by atoms with Crippen molar-refractivity contribution >= 4 is 18.0 Å². The smallest absolute Gasteiger partial charge is 0.407 e. The van der Waals surface area contributed by atoms with Gasteiger partial charge in [0.25, 0.3) is 0 Å². The van der Waals surface area contributed by atoms with Crippen LogP contribution in [0.25, 0.3) is 0 Å². The molecule has 6 atom stereocenters. The van der Waals surface area contributed by atoms with E-state index >= 15 is 0 Å². The quantitative estimate of drug-likeness (QED) is 0.319. The van der Waals surface area contributed by atoms with Gasteiger partial charge in [0.2, 0.25) is 0 Å². The van der Waals surface area contributed by atoms with E-state index in [1.165, 1.54) is 0 Å². The second-order valence-electron chi connectivity index (χ2n) is 9.14. The lowest BCUT2D eigenvalue weighted by Gasteiger charge is -2.32. The number of ether oxygens (including phenoxy) is 3. The van der Waals surface area contributed by atoms with Crippen LogP contribution in [0.4, 0.5) is 4.79 Å². The summed E-state index contributed by atoms with van der Waals surface area (Å²) in [5, 5.41) is 22.0. The van der Waals surface area contributed by atoms with Crippen molar-refractivity contribution in [2.24, 2.45) is 17.6 Å². The summed E-state index contributed by atoms with van der Waals surface area (Å²) in [5.74, 6) is -0.857. The molecule has 0 radical (unpaired) electrons. The molecule has 0 aromatic heterocycles. The number of benzene rings is 1. The Morgan fingerprint density at radius 1 is 0.861 bits per heavy atom.